The summed E-state index contributed by atoms with van der Waals surface area (Å²) in [5, 5.41) is 9.30. The Morgan fingerprint density at radius 3 is 2.56 bits per heavy atom. The first-order valence-electron chi connectivity index (χ1n) is 5.68. The van der Waals surface area contributed by atoms with Crippen molar-refractivity contribution in [3.8, 4) is 6.07 Å². The third-order valence-electron chi connectivity index (χ3n) is 2.52. The van der Waals surface area contributed by atoms with Crippen molar-refractivity contribution in [2.24, 2.45) is 0 Å². The van der Waals surface area contributed by atoms with Gasteiger partial charge in [-0.3, -0.25) is 4.79 Å². The number of carbonyl (C=O) groups excluding carboxylic acids is 1. The van der Waals surface area contributed by atoms with Crippen LogP contribution >= 0.6 is 11.6 Å². The third-order valence-corrected chi connectivity index (χ3v) is 2.77. The fourth-order valence-electron chi connectivity index (χ4n) is 1.53. The lowest BCUT2D eigenvalue weighted by molar-refractivity contribution is -0.126. The summed E-state index contributed by atoms with van der Waals surface area (Å²) in [4.78, 5) is 13.5. The zero-order chi connectivity index (χ0) is 13.5. The van der Waals surface area contributed by atoms with E-state index >= 15 is 0 Å². The predicted octanol–water partition coefficient (Wildman–Crippen LogP) is 3.12. The molecule has 0 spiro atoms. The van der Waals surface area contributed by atoms with Gasteiger partial charge in [0.15, 0.2) is 0 Å². The molecule has 0 fully saturated rings. The minimum absolute atomic E-state index is 0.112. The van der Waals surface area contributed by atoms with Gasteiger partial charge in [-0.2, -0.15) is 5.26 Å². The van der Waals surface area contributed by atoms with Crippen molar-refractivity contribution in [1.29, 1.82) is 5.26 Å². The Morgan fingerprint density at radius 2 is 2.06 bits per heavy atom. The summed E-state index contributed by atoms with van der Waals surface area (Å²) in [6.45, 7) is 4.24. The summed E-state index contributed by atoms with van der Waals surface area (Å²) >= 11 is 5.79. The van der Waals surface area contributed by atoms with E-state index in [-0.39, 0.29) is 12.5 Å². The first kappa shape index (κ1) is 14.3. The van der Waals surface area contributed by atoms with Crippen LogP contribution in [0.1, 0.15) is 19.4 Å². The highest BCUT2D eigenvalue weighted by Crippen LogP contribution is 2.13. The maximum atomic E-state index is 12.0. The summed E-state index contributed by atoms with van der Waals surface area (Å²) in [6, 6.07) is 9.23. The van der Waals surface area contributed by atoms with Gasteiger partial charge in [0.2, 0.25) is 5.91 Å². The van der Waals surface area contributed by atoms with Gasteiger partial charge in [-0.25, -0.2) is 0 Å². The molecule has 0 atom stereocenters. The zero-order valence-corrected chi connectivity index (χ0v) is 11.2. The van der Waals surface area contributed by atoms with Gasteiger partial charge in [0.25, 0.3) is 0 Å². The molecule has 0 radical (unpaired) electrons. The van der Waals surface area contributed by atoms with Gasteiger partial charge in [-0.15, -0.1) is 0 Å². The van der Waals surface area contributed by atoms with E-state index in [4.69, 9.17) is 16.9 Å². The number of nitrogens with zero attached hydrogens (tertiary/aromatic N) is 2. The van der Waals surface area contributed by atoms with Gasteiger partial charge in [0.05, 0.1) is 6.07 Å². The van der Waals surface area contributed by atoms with Crippen LogP contribution < -0.4 is 0 Å². The molecule has 0 saturated heterocycles. The molecule has 0 aliphatic carbocycles. The molecule has 0 aliphatic rings. The molecule has 0 heterocycles. The molecule has 0 aliphatic heterocycles. The molecule has 0 saturated carbocycles. The van der Waals surface area contributed by atoms with Crippen molar-refractivity contribution in [3.63, 3.8) is 0 Å². The summed E-state index contributed by atoms with van der Waals surface area (Å²) < 4.78 is 0. The smallest absolute Gasteiger partial charge is 0.250 e. The normalized spacial score (nSPS) is 10.9. The van der Waals surface area contributed by atoms with E-state index in [0.717, 1.165) is 5.56 Å². The molecule has 0 aromatic heterocycles. The molecule has 18 heavy (non-hydrogen) atoms. The number of likely N-dealkylation sites (N-methyl/N-ethyl adjacent to an activating group) is 1. The Balaban J connectivity index is 2.86. The fraction of sp³-hybridized carbons (Fsp3) is 0.286. The van der Waals surface area contributed by atoms with Gasteiger partial charge in [-0.05, 0) is 37.6 Å². The molecule has 3 nitrogen and oxygen atoms in total. The Hall–Kier alpha value is -1.79. The van der Waals surface area contributed by atoms with Crippen molar-refractivity contribution < 1.29 is 4.79 Å². The van der Waals surface area contributed by atoms with Crippen LogP contribution in [0, 0.1) is 11.3 Å². The molecule has 0 unspecified atom stereocenters. The van der Waals surface area contributed by atoms with Crippen LogP contribution in [0.4, 0.5) is 0 Å². The van der Waals surface area contributed by atoms with Crippen LogP contribution in [0.3, 0.4) is 0 Å². The molecule has 94 valence electrons. The van der Waals surface area contributed by atoms with E-state index in [0.29, 0.717) is 17.1 Å². The maximum Gasteiger partial charge on any atom is 0.250 e. The molecule has 0 bridgehead atoms. The van der Waals surface area contributed by atoms with Gasteiger partial charge >= 0.3 is 0 Å². The quantitative estimate of drug-likeness (QED) is 0.618. The van der Waals surface area contributed by atoms with E-state index < -0.39 is 0 Å². The highest BCUT2D eigenvalue weighted by Gasteiger charge is 2.12. The number of halogens is 1. The summed E-state index contributed by atoms with van der Waals surface area (Å²) in [7, 11) is 0. The average molecular weight is 263 g/mol. The first-order chi connectivity index (χ1) is 8.58. The van der Waals surface area contributed by atoms with Crippen molar-refractivity contribution in [2.45, 2.75) is 13.8 Å². The predicted molar refractivity (Wildman–Crippen MR) is 73.0 cm³/mol. The SMILES string of the molecule is CCN(CC#N)C(=O)C(C)=Cc1ccc(Cl)cc1. The largest absolute Gasteiger partial charge is 0.326 e. The number of hydrogen-bond acceptors (Lipinski definition) is 2. The fourth-order valence-corrected chi connectivity index (χ4v) is 1.66. The van der Waals surface area contributed by atoms with E-state index in [1.54, 1.807) is 25.1 Å². The maximum absolute atomic E-state index is 12.0. The molecule has 1 rings (SSSR count). The van der Waals surface area contributed by atoms with Crippen molar-refractivity contribution >= 4 is 23.6 Å². The lowest BCUT2D eigenvalue weighted by atomic mass is 10.1. The third kappa shape index (κ3) is 3.90. The highest BCUT2D eigenvalue weighted by molar-refractivity contribution is 6.30. The second-order valence-electron chi connectivity index (χ2n) is 3.86. The van der Waals surface area contributed by atoms with Crippen molar-refractivity contribution in [2.75, 3.05) is 13.1 Å². The monoisotopic (exact) mass is 262 g/mol. The Morgan fingerprint density at radius 1 is 1.44 bits per heavy atom. The van der Waals surface area contributed by atoms with E-state index in [1.165, 1.54) is 4.90 Å². The molecule has 1 aromatic carbocycles. The number of benzene rings is 1. The second-order valence-corrected chi connectivity index (χ2v) is 4.29. The van der Waals surface area contributed by atoms with Gasteiger partial charge in [0, 0.05) is 17.1 Å². The molecular weight excluding hydrogens is 248 g/mol. The number of hydrogen-bond donors (Lipinski definition) is 0. The summed E-state index contributed by atoms with van der Waals surface area (Å²) in [5.41, 5.74) is 1.52. The number of rotatable bonds is 4. The lowest BCUT2D eigenvalue weighted by Gasteiger charge is -2.17. The molecular formula is C14H15ClN2O. The van der Waals surface area contributed by atoms with Gasteiger partial charge < -0.3 is 4.90 Å². The standard InChI is InChI=1S/C14H15ClN2O/c1-3-17(9-8-16)14(18)11(2)10-12-4-6-13(15)7-5-12/h4-7,10H,3,9H2,1-2H3. The lowest BCUT2D eigenvalue weighted by Crippen LogP contribution is -2.31. The van der Waals surface area contributed by atoms with Crippen LogP contribution in [-0.4, -0.2) is 23.9 Å². The minimum Gasteiger partial charge on any atom is -0.326 e. The Bertz CT molecular complexity index is 486. The van der Waals surface area contributed by atoms with Gasteiger partial charge in [-0.1, -0.05) is 23.7 Å². The van der Waals surface area contributed by atoms with Crippen LogP contribution in [-0.2, 0) is 4.79 Å². The van der Waals surface area contributed by atoms with Crippen LogP contribution in [0.2, 0.25) is 5.02 Å². The summed E-state index contributed by atoms with van der Waals surface area (Å²) in [6.07, 6.45) is 1.79. The topological polar surface area (TPSA) is 44.1 Å². The van der Waals surface area contributed by atoms with Gasteiger partial charge in [0.1, 0.15) is 6.54 Å². The van der Waals surface area contributed by atoms with Crippen molar-refractivity contribution in [3.05, 3.63) is 40.4 Å². The van der Waals surface area contributed by atoms with E-state index in [9.17, 15) is 4.79 Å². The van der Waals surface area contributed by atoms with Crippen LogP contribution in [0.25, 0.3) is 6.08 Å². The zero-order valence-electron chi connectivity index (χ0n) is 10.5. The Kier molecular flexibility index (Phi) is 5.41. The number of amides is 1. The number of carbonyl (C=O) groups is 1. The van der Waals surface area contributed by atoms with E-state index in [1.807, 2.05) is 25.1 Å². The summed E-state index contributed by atoms with van der Waals surface area (Å²) in [5.74, 6) is -0.117. The molecule has 4 heteroatoms. The molecule has 1 aromatic rings. The van der Waals surface area contributed by atoms with E-state index in [2.05, 4.69) is 0 Å². The first-order valence-corrected chi connectivity index (χ1v) is 6.06. The molecule has 0 N–H and O–H groups in total. The van der Waals surface area contributed by atoms with Crippen LogP contribution in [0.15, 0.2) is 29.8 Å². The average Bonchev–Trinajstić information content (AvgIpc) is 2.37. The minimum atomic E-state index is -0.117. The Labute approximate surface area is 112 Å². The second kappa shape index (κ2) is 6.83. The number of nitriles is 1. The molecule has 1 amide bonds. The van der Waals surface area contributed by atoms with Crippen LogP contribution in [0.5, 0.6) is 0 Å². The van der Waals surface area contributed by atoms with Crippen molar-refractivity contribution in [1.82, 2.24) is 4.90 Å². The highest BCUT2D eigenvalue weighted by atomic mass is 35.5.